The molecule has 0 saturated heterocycles. The molecule has 0 fully saturated rings. The molecule has 1 aromatic heterocycles. The summed E-state index contributed by atoms with van der Waals surface area (Å²) in [6, 6.07) is 1.33. The maximum atomic E-state index is 10.7. The molecule has 5 nitrogen and oxygen atoms in total. The van der Waals surface area contributed by atoms with Crippen LogP contribution in [0.3, 0.4) is 0 Å². The van der Waals surface area contributed by atoms with Crippen LogP contribution < -0.4 is 4.74 Å². The predicted molar refractivity (Wildman–Crippen MR) is 54.1 cm³/mol. The second-order valence-corrected chi connectivity index (χ2v) is 3.65. The quantitative estimate of drug-likeness (QED) is 0.815. The van der Waals surface area contributed by atoms with Gasteiger partial charge in [0.25, 0.3) is 0 Å². The van der Waals surface area contributed by atoms with E-state index in [9.17, 15) is 4.79 Å². The largest absolute Gasteiger partial charge is 0.477 e. The van der Waals surface area contributed by atoms with Gasteiger partial charge in [-0.15, -0.1) is 0 Å². The molecule has 82 valence electrons. The zero-order valence-corrected chi connectivity index (χ0v) is 9.02. The summed E-state index contributed by atoms with van der Waals surface area (Å²) in [7, 11) is 0. The van der Waals surface area contributed by atoms with Crippen LogP contribution in [-0.4, -0.2) is 27.7 Å². The zero-order chi connectivity index (χ0) is 11.4. The summed E-state index contributed by atoms with van der Waals surface area (Å²) >= 11 is 0. The normalized spacial score (nSPS) is 10.4. The number of aromatic nitrogens is 2. The number of ether oxygens (including phenoxy) is 1. The first-order valence-electron chi connectivity index (χ1n) is 4.71. The fourth-order valence-electron chi connectivity index (χ4n) is 0.976. The van der Waals surface area contributed by atoms with Gasteiger partial charge < -0.3 is 9.84 Å². The number of carboxylic acid groups (broad SMARTS) is 1. The summed E-state index contributed by atoms with van der Waals surface area (Å²) < 4.78 is 5.32. The van der Waals surface area contributed by atoms with E-state index in [0.29, 0.717) is 24.2 Å². The minimum atomic E-state index is -1.07. The number of rotatable bonds is 4. The van der Waals surface area contributed by atoms with E-state index in [1.807, 2.05) is 13.8 Å². The van der Waals surface area contributed by atoms with Crippen LogP contribution in [0.25, 0.3) is 0 Å². The minimum Gasteiger partial charge on any atom is -0.477 e. The van der Waals surface area contributed by atoms with E-state index in [1.165, 1.54) is 6.07 Å². The van der Waals surface area contributed by atoms with E-state index in [-0.39, 0.29) is 5.69 Å². The Morgan fingerprint density at radius 3 is 2.73 bits per heavy atom. The van der Waals surface area contributed by atoms with Gasteiger partial charge in [0.2, 0.25) is 5.88 Å². The molecule has 1 aromatic rings. The highest BCUT2D eigenvalue weighted by molar-refractivity contribution is 5.85. The second-order valence-electron chi connectivity index (χ2n) is 3.65. The van der Waals surface area contributed by atoms with Gasteiger partial charge in [0.15, 0.2) is 5.69 Å². The molecule has 0 aliphatic heterocycles. The van der Waals surface area contributed by atoms with Crippen LogP contribution in [0.2, 0.25) is 0 Å². The van der Waals surface area contributed by atoms with Crippen molar-refractivity contribution in [2.24, 2.45) is 5.92 Å². The average molecular weight is 210 g/mol. The molecule has 0 spiro atoms. The van der Waals surface area contributed by atoms with Gasteiger partial charge in [-0.3, -0.25) is 0 Å². The molecule has 0 radical (unpaired) electrons. The number of aryl methyl sites for hydroxylation is 1. The maximum Gasteiger partial charge on any atom is 0.354 e. The Balaban J connectivity index is 2.84. The summed E-state index contributed by atoms with van der Waals surface area (Å²) in [4.78, 5) is 18.5. The molecule has 0 atom stereocenters. The SMILES string of the molecule is Cc1nc(OCC(C)C)cc(C(=O)O)n1. The molecule has 5 heteroatoms. The third kappa shape index (κ3) is 3.53. The monoisotopic (exact) mass is 210 g/mol. The number of aromatic carboxylic acids is 1. The van der Waals surface area contributed by atoms with Crippen molar-refractivity contribution >= 4 is 5.97 Å². The van der Waals surface area contributed by atoms with Crippen molar-refractivity contribution in [1.82, 2.24) is 9.97 Å². The summed E-state index contributed by atoms with van der Waals surface area (Å²) in [5.41, 5.74) is -0.0405. The third-order valence-corrected chi connectivity index (χ3v) is 1.60. The van der Waals surface area contributed by atoms with Crippen molar-refractivity contribution in [2.75, 3.05) is 6.61 Å². The molecule has 0 amide bonds. The lowest BCUT2D eigenvalue weighted by atomic mass is 10.2. The fourth-order valence-corrected chi connectivity index (χ4v) is 0.976. The molecular formula is C10H14N2O3. The number of carboxylic acids is 1. The lowest BCUT2D eigenvalue weighted by Gasteiger charge is -2.08. The molecule has 0 aliphatic carbocycles. The summed E-state index contributed by atoms with van der Waals surface area (Å²) in [5.74, 6) is 0.00528. The molecule has 0 saturated carbocycles. The van der Waals surface area contributed by atoms with Crippen LogP contribution in [0.5, 0.6) is 5.88 Å². The zero-order valence-electron chi connectivity index (χ0n) is 9.02. The van der Waals surface area contributed by atoms with Crippen molar-refractivity contribution in [3.05, 3.63) is 17.6 Å². The van der Waals surface area contributed by atoms with Crippen LogP contribution in [0, 0.1) is 12.8 Å². The Labute approximate surface area is 88.1 Å². The van der Waals surface area contributed by atoms with Crippen LogP contribution in [0.4, 0.5) is 0 Å². The van der Waals surface area contributed by atoms with E-state index in [2.05, 4.69) is 9.97 Å². The molecule has 1 N–H and O–H groups in total. The van der Waals surface area contributed by atoms with Crippen molar-refractivity contribution < 1.29 is 14.6 Å². The standard InChI is InChI=1S/C10H14N2O3/c1-6(2)5-15-9-4-8(10(13)14)11-7(3)12-9/h4,6H,5H2,1-3H3,(H,13,14). The van der Waals surface area contributed by atoms with Crippen LogP contribution in [0.1, 0.15) is 30.2 Å². The molecule has 0 aromatic carbocycles. The van der Waals surface area contributed by atoms with E-state index in [0.717, 1.165) is 0 Å². The predicted octanol–water partition coefficient (Wildman–Crippen LogP) is 1.52. The Kier molecular flexibility index (Phi) is 3.60. The Morgan fingerprint density at radius 1 is 1.53 bits per heavy atom. The smallest absolute Gasteiger partial charge is 0.354 e. The molecule has 15 heavy (non-hydrogen) atoms. The first-order valence-corrected chi connectivity index (χ1v) is 4.71. The number of carbonyl (C=O) groups is 1. The van der Waals surface area contributed by atoms with Crippen molar-refractivity contribution in [1.29, 1.82) is 0 Å². The first-order chi connectivity index (χ1) is 6.99. The Bertz CT molecular complexity index is 364. The van der Waals surface area contributed by atoms with Gasteiger partial charge in [-0.1, -0.05) is 13.8 Å². The van der Waals surface area contributed by atoms with Crippen LogP contribution in [0.15, 0.2) is 6.07 Å². The second kappa shape index (κ2) is 4.72. The number of hydrogen-bond donors (Lipinski definition) is 1. The molecule has 0 bridgehead atoms. The van der Waals surface area contributed by atoms with E-state index >= 15 is 0 Å². The molecule has 0 unspecified atom stereocenters. The Morgan fingerprint density at radius 2 is 2.20 bits per heavy atom. The highest BCUT2D eigenvalue weighted by atomic mass is 16.5. The fraction of sp³-hybridized carbons (Fsp3) is 0.500. The third-order valence-electron chi connectivity index (χ3n) is 1.60. The molecule has 0 aliphatic rings. The Hall–Kier alpha value is -1.65. The highest BCUT2D eigenvalue weighted by Gasteiger charge is 2.09. The lowest BCUT2D eigenvalue weighted by Crippen LogP contribution is -2.09. The van der Waals surface area contributed by atoms with Crippen molar-refractivity contribution in [3.8, 4) is 5.88 Å². The average Bonchev–Trinajstić information content (AvgIpc) is 2.13. The topological polar surface area (TPSA) is 72.3 Å². The maximum absolute atomic E-state index is 10.7. The van der Waals surface area contributed by atoms with Gasteiger partial charge >= 0.3 is 5.97 Å². The number of nitrogens with zero attached hydrogens (tertiary/aromatic N) is 2. The minimum absolute atomic E-state index is 0.0405. The van der Waals surface area contributed by atoms with Gasteiger partial charge in [0.1, 0.15) is 5.82 Å². The molecule has 1 rings (SSSR count). The van der Waals surface area contributed by atoms with Gasteiger partial charge in [0, 0.05) is 6.07 Å². The van der Waals surface area contributed by atoms with Crippen molar-refractivity contribution in [3.63, 3.8) is 0 Å². The van der Waals surface area contributed by atoms with E-state index in [1.54, 1.807) is 6.92 Å². The van der Waals surface area contributed by atoms with Crippen LogP contribution in [-0.2, 0) is 0 Å². The van der Waals surface area contributed by atoms with Gasteiger partial charge in [-0.25, -0.2) is 9.78 Å². The summed E-state index contributed by atoms with van der Waals surface area (Å²) in [5, 5.41) is 8.77. The van der Waals surface area contributed by atoms with E-state index in [4.69, 9.17) is 9.84 Å². The summed E-state index contributed by atoms with van der Waals surface area (Å²) in [6.45, 7) is 6.16. The van der Waals surface area contributed by atoms with Gasteiger partial charge in [-0.05, 0) is 12.8 Å². The van der Waals surface area contributed by atoms with Crippen LogP contribution >= 0.6 is 0 Å². The molecular weight excluding hydrogens is 196 g/mol. The van der Waals surface area contributed by atoms with Gasteiger partial charge in [-0.2, -0.15) is 4.98 Å². The van der Waals surface area contributed by atoms with Crippen molar-refractivity contribution in [2.45, 2.75) is 20.8 Å². The molecule has 1 heterocycles. The highest BCUT2D eigenvalue weighted by Crippen LogP contribution is 2.10. The first kappa shape index (κ1) is 11.4. The number of hydrogen-bond acceptors (Lipinski definition) is 4. The van der Waals surface area contributed by atoms with Gasteiger partial charge in [0.05, 0.1) is 6.61 Å². The summed E-state index contributed by atoms with van der Waals surface area (Å²) in [6.07, 6.45) is 0. The lowest BCUT2D eigenvalue weighted by molar-refractivity contribution is 0.0689. The van der Waals surface area contributed by atoms with E-state index < -0.39 is 5.97 Å².